The van der Waals surface area contributed by atoms with Crippen LogP contribution in [0.4, 0.5) is 11.4 Å². The van der Waals surface area contributed by atoms with Crippen molar-refractivity contribution in [1.29, 1.82) is 0 Å². The molecule has 2 aromatic carbocycles. The van der Waals surface area contributed by atoms with E-state index in [0.717, 1.165) is 30.0 Å². The fraction of sp³-hybridized carbons (Fsp3) is 0.278. The van der Waals surface area contributed by atoms with Gasteiger partial charge in [0.25, 0.3) is 5.69 Å². The quantitative estimate of drug-likeness (QED) is 0.301. The fourth-order valence-electron chi connectivity index (χ4n) is 2.00. The first kappa shape index (κ1) is 16.7. The first-order valence-electron chi connectivity index (χ1n) is 7.70. The Hall–Kier alpha value is -2.69. The molecule has 0 aliphatic carbocycles. The molecule has 0 aromatic heterocycles. The monoisotopic (exact) mass is 312 g/mol. The lowest BCUT2D eigenvalue weighted by atomic mass is 10.2. The van der Waals surface area contributed by atoms with Gasteiger partial charge in [0.15, 0.2) is 0 Å². The zero-order valence-corrected chi connectivity index (χ0v) is 13.1. The lowest BCUT2D eigenvalue weighted by Gasteiger charge is -2.05. The van der Waals surface area contributed by atoms with Crippen molar-refractivity contribution in [3.8, 4) is 5.75 Å². The van der Waals surface area contributed by atoms with Gasteiger partial charge in [-0.25, -0.2) is 0 Å². The van der Waals surface area contributed by atoms with Crippen molar-refractivity contribution in [3.05, 3.63) is 64.2 Å². The summed E-state index contributed by atoms with van der Waals surface area (Å²) < 4.78 is 5.65. The summed E-state index contributed by atoms with van der Waals surface area (Å²) in [4.78, 5) is 14.5. The molecule has 0 radical (unpaired) electrons. The molecule has 2 aromatic rings. The molecule has 0 spiro atoms. The summed E-state index contributed by atoms with van der Waals surface area (Å²) in [6.07, 6.45) is 5.11. The molecule has 0 atom stereocenters. The van der Waals surface area contributed by atoms with Gasteiger partial charge in [-0.15, -0.1) is 0 Å². The number of ether oxygens (including phenoxy) is 1. The van der Waals surface area contributed by atoms with Crippen LogP contribution in [0.3, 0.4) is 0 Å². The molecule has 5 nitrogen and oxygen atoms in total. The Morgan fingerprint density at radius 2 is 1.78 bits per heavy atom. The van der Waals surface area contributed by atoms with Crippen LogP contribution in [0.25, 0.3) is 0 Å². The summed E-state index contributed by atoms with van der Waals surface area (Å²) in [6.45, 7) is 2.90. The van der Waals surface area contributed by atoms with Crippen LogP contribution >= 0.6 is 0 Å². The highest BCUT2D eigenvalue weighted by atomic mass is 16.6. The molecular weight excluding hydrogens is 292 g/mol. The van der Waals surface area contributed by atoms with Crippen molar-refractivity contribution >= 4 is 17.6 Å². The third-order valence-electron chi connectivity index (χ3n) is 3.32. The van der Waals surface area contributed by atoms with Gasteiger partial charge in [0.1, 0.15) is 5.75 Å². The van der Waals surface area contributed by atoms with Crippen LogP contribution in [0.2, 0.25) is 0 Å². The maximum absolute atomic E-state index is 10.6. The largest absolute Gasteiger partial charge is 0.494 e. The van der Waals surface area contributed by atoms with Crippen molar-refractivity contribution in [2.24, 2.45) is 4.99 Å². The van der Waals surface area contributed by atoms with Gasteiger partial charge in [0.2, 0.25) is 0 Å². The maximum atomic E-state index is 10.6. The third-order valence-corrected chi connectivity index (χ3v) is 3.32. The van der Waals surface area contributed by atoms with Crippen LogP contribution in [0.15, 0.2) is 53.5 Å². The van der Waals surface area contributed by atoms with Gasteiger partial charge in [-0.05, 0) is 48.4 Å². The molecule has 2 rings (SSSR count). The summed E-state index contributed by atoms with van der Waals surface area (Å²) in [7, 11) is 0. The predicted molar refractivity (Wildman–Crippen MR) is 91.8 cm³/mol. The van der Waals surface area contributed by atoms with Crippen molar-refractivity contribution in [3.63, 3.8) is 0 Å². The number of nitro benzene ring substituents is 1. The summed E-state index contributed by atoms with van der Waals surface area (Å²) >= 11 is 0. The van der Waals surface area contributed by atoms with Gasteiger partial charge in [0.05, 0.1) is 17.2 Å². The SMILES string of the molecule is CCCCCOc1ccc(/N=C/c2ccc([N+](=O)[O-])cc2)cc1. The second kappa shape index (κ2) is 8.68. The molecular formula is C18H20N2O3. The number of hydrogen-bond donors (Lipinski definition) is 0. The second-order valence-electron chi connectivity index (χ2n) is 5.16. The van der Waals surface area contributed by atoms with Crippen LogP contribution in [-0.4, -0.2) is 17.7 Å². The molecule has 0 saturated heterocycles. The molecule has 0 unspecified atom stereocenters. The van der Waals surface area contributed by atoms with E-state index in [1.165, 1.54) is 25.0 Å². The van der Waals surface area contributed by atoms with E-state index in [0.29, 0.717) is 0 Å². The van der Waals surface area contributed by atoms with E-state index < -0.39 is 4.92 Å². The normalized spacial score (nSPS) is 10.8. The molecule has 0 heterocycles. The molecule has 23 heavy (non-hydrogen) atoms. The minimum absolute atomic E-state index is 0.0757. The average Bonchev–Trinajstić information content (AvgIpc) is 2.58. The highest BCUT2D eigenvalue weighted by molar-refractivity contribution is 5.82. The van der Waals surface area contributed by atoms with Crippen molar-refractivity contribution < 1.29 is 9.66 Å². The van der Waals surface area contributed by atoms with Gasteiger partial charge < -0.3 is 4.74 Å². The first-order chi connectivity index (χ1) is 11.2. The summed E-state index contributed by atoms with van der Waals surface area (Å²) in [5.41, 5.74) is 1.70. The summed E-state index contributed by atoms with van der Waals surface area (Å²) in [5.74, 6) is 0.843. The van der Waals surface area contributed by atoms with Crippen molar-refractivity contribution in [2.45, 2.75) is 26.2 Å². The van der Waals surface area contributed by atoms with Gasteiger partial charge in [-0.2, -0.15) is 0 Å². The lowest BCUT2D eigenvalue weighted by molar-refractivity contribution is -0.384. The average molecular weight is 312 g/mol. The molecule has 0 aliphatic heterocycles. The number of non-ortho nitro benzene ring substituents is 1. The van der Waals surface area contributed by atoms with E-state index in [1.54, 1.807) is 18.3 Å². The molecule has 0 fully saturated rings. The highest BCUT2D eigenvalue weighted by Crippen LogP contribution is 2.19. The maximum Gasteiger partial charge on any atom is 0.269 e. The number of benzene rings is 2. The van der Waals surface area contributed by atoms with Gasteiger partial charge in [-0.1, -0.05) is 19.8 Å². The van der Waals surface area contributed by atoms with Gasteiger partial charge >= 0.3 is 0 Å². The third kappa shape index (κ3) is 5.54. The van der Waals surface area contributed by atoms with Crippen LogP contribution < -0.4 is 4.74 Å². The van der Waals surface area contributed by atoms with Crippen LogP contribution in [0, 0.1) is 10.1 Å². The first-order valence-corrected chi connectivity index (χ1v) is 7.70. The van der Waals surface area contributed by atoms with Crippen LogP contribution in [0.1, 0.15) is 31.7 Å². The molecule has 5 heteroatoms. The summed E-state index contributed by atoms with van der Waals surface area (Å²) in [5, 5.41) is 10.6. The summed E-state index contributed by atoms with van der Waals surface area (Å²) in [6, 6.07) is 13.8. The zero-order valence-electron chi connectivity index (χ0n) is 13.1. The van der Waals surface area contributed by atoms with E-state index in [4.69, 9.17) is 4.74 Å². The van der Waals surface area contributed by atoms with E-state index in [1.807, 2.05) is 24.3 Å². The van der Waals surface area contributed by atoms with E-state index in [9.17, 15) is 10.1 Å². The lowest BCUT2D eigenvalue weighted by Crippen LogP contribution is -1.96. The van der Waals surface area contributed by atoms with E-state index in [2.05, 4.69) is 11.9 Å². The number of aliphatic imine (C=N–C) groups is 1. The molecule has 0 bridgehead atoms. The van der Waals surface area contributed by atoms with Gasteiger partial charge in [0, 0.05) is 18.3 Å². The molecule has 0 N–H and O–H groups in total. The number of unbranched alkanes of at least 4 members (excludes halogenated alkanes) is 2. The Kier molecular flexibility index (Phi) is 6.29. The molecule has 0 aliphatic rings. The Morgan fingerprint density at radius 3 is 2.39 bits per heavy atom. The number of rotatable bonds is 8. The predicted octanol–water partition coefficient (Wildman–Crippen LogP) is 4.91. The Labute approximate surface area is 135 Å². The minimum atomic E-state index is -0.417. The molecule has 0 amide bonds. The number of nitrogens with zero attached hydrogens (tertiary/aromatic N) is 2. The van der Waals surface area contributed by atoms with E-state index in [-0.39, 0.29) is 5.69 Å². The smallest absolute Gasteiger partial charge is 0.269 e. The highest BCUT2D eigenvalue weighted by Gasteiger charge is 2.02. The zero-order chi connectivity index (χ0) is 16.5. The number of nitro groups is 1. The van der Waals surface area contributed by atoms with Crippen LogP contribution in [0.5, 0.6) is 5.75 Å². The fourth-order valence-corrected chi connectivity index (χ4v) is 2.00. The molecule has 120 valence electrons. The Bertz CT molecular complexity index is 649. The Morgan fingerprint density at radius 1 is 1.09 bits per heavy atom. The number of hydrogen-bond acceptors (Lipinski definition) is 4. The van der Waals surface area contributed by atoms with Crippen molar-refractivity contribution in [2.75, 3.05) is 6.61 Å². The standard InChI is InChI=1S/C18H20N2O3/c1-2-3-4-13-23-18-11-7-16(8-12-18)19-14-15-5-9-17(10-6-15)20(21)22/h5-12,14H,2-4,13H2,1H3/b19-14+. The van der Waals surface area contributed by atoms with Gasteiger partial charge in [-0.3, -0.25) is 15.1 Å². The van der Waals surface area contributed by atoms with E-state index >= 15 is 0 Å². The minimum Gasteiger partial charge on any atom is -0.494 e. The van der Waals surface area contributed by atoms with Crippen LogP contribution in [-0.2, 0) is 0 Å². The van der Waals surface area contributed by atoms with Crippen molar-refractivity contribution in [1.82, 2.24) is 0 Å². The topological polar surface area (TPSA) is 64.7 Å². The second-order valence-corrected chi connectivity index (χ2v) is 5.16. The molecule has 0 saturated carbocycles. The Balaban J connectivity index is 1.90.